The van der Waals surface area contributed by atoms with Gasteiger partial charge >= 0.3 is 7.12 Å². The zero-order valence-electron chi connectivity index (χ0n) is 14.6. The van der Waals surface area contributed by atoms with Crippen LogP contribution in [0.3, 0.4) is 0 Å². The fourth-order valence-corrected chi connectivity index (χ4v) is 2.98. The van der Waals surface area contributed by atoms with Crippen molar-refractivity contribution in [2.75, 3.05) is 0 Å². The van der Waals surface area contributed by atoms with Crippen LogP contribution in [0.15, 0.2) is 72.8 Å². The number of nitrogens with one attached hydrogen (secondary N) is 1. The molecule has 1 aliphatic heterocycles. The summed E-state index contributed by atoms with van der Waals surface area (Å²) in [5.74, 6) is 1.21. The number of fused-ring (bicyclic) bond motifs is 1. The van der Waals surface area contributed by atoms with E-state index in [1.807, 2.05) is 48.5 Å². The number of rotatable bonds is 5. The SMILES string of the molecule is O=C(NCc1ccccc1)c1ccc(Oc2ccc3c(c2)COB3[OH2+])cc1. The number of amides is 1. The third-order valence-corrected chi connectivity index (χ3v) is 4.45. The minimum Gasteiger partial charge on any atom is -0.522 e. The van der Waals surface area contributed by atoms with Gasteiger partial charge in [0.25, 0.3) is 5.91 Å². The van der Waals surface area contributed by atoms with Crippen LogP contribution in [0.2, 0.25) is 0 Å². The van der Waals surface area contributed by atoms with Gasteiger partial charge in [-0.15, -0.1) is 0 Å². The molecule has 6 heteroatoms. The fraction of sp³-hybridized carbons (Fsp3) is 0.0952. The molecule has 0 fully saturated rings. The van der Waals surface area contributed by atoms with E-state index in [2.05, 4.69) is 5.32 Å². The van der Waals surface area contributed by atoms with Gasteiger partial charge in [-0.1, -0.05) is 36.4 Å². The highest BCUT2D eigenvalue weighted by Gasteiger charge is 2.36. The second-order valence-electron chi connectivity index (χ2n) is 6.35. The molecule has 0 atom stereocenters. The van der Waals surface area contributed by atoms with E-state index in [4.69, 9.17) is 14.4 Å². The molecular weight excluding hydrogens is 341 g/mol. The number of benzene rings is 3. The molecule has 0 saturated heterocycles. The summed E-state index contributed by atoms with van der Waals surface area (Å²) in [6.45, 7) is 0.924. The molecule has 1 heterocycles. The van der Waals surface area contributed by atoms with Crippen LogP contribution in [0.25, 0.3) is 0 Å². The number of ether oxygens (including phenoxy) is 1. The van der Waals surface area contributed by atoms with Gasteiger partial charge in [-0.3, -0.25) is 4.79 Å². The van der Waals surface area contributed by atoms with Gasteiger partial charge < -0.3 is 19.7 Å². The molecule has 1 aliphatic rings. The minimum absolute atomic E-state index is 0.124. The van der Waals surface area contributed by atoms with E-state index < -0.39 is 7.12 Å². The summed E-state index contributed by atoms with van der Waals surface area (Å²) in [5.41, 5.74) is 3.50. The molecule has 1 amide bonds. The highest BCUT2D eigenvalue weighted by atomic mass is 16.5. The Kier molecular flexibility index (Phi) is 4.92. The van der Waals surface area contributed by atoms with Crippen LogP contribution >= 0.6 is 0 Å². The van der Waals surface area contributed by atoms with Gasteiger partial charge in [0, 0.05) is 12.1 Å². The van der Waals surface area contributed by atoms with Gasteiger partial charge in [0.15, 0.2) is 0 Å². The molecular formula is C21H19BNO4+. The third-order valence-electron chi connectivity index (χ3n) is 4.45. The molecule has 27 heavy (non-hydrogen) atoms. The zero-order chi connectivity index (χ0) is 18.6. The zero-order valence-corrected chi connectivity index (χ0v) is 14.6. The molecule has 3 N–H and O–H groups in total. The first kappa shape index (κ1) is 17.3. The monoisotopic (exact) mass is 360 g/mol. The standard InChI is InChI=1S/C21H18BNO4/c24-21(23-13-15-4-2-1-3-5-15)16-6-8-18(9-7-16)27-19-10-11-20-17(12-19)14-26-22(20)25/h1-12,25H,13-14H2,(H,23,24)/p+1. The third kappa shape index (κ3) is 4.02. The van der Waals surface area contributed by atoms with Crippen LogP contribution in [0.4, 0.5) is 0 Å². The summed E-state index contributed by atoms with van der Waals surface area (Å²) < 4.78 is 11.1. The number of carbonyl (C=O) groups excluding carboxylic acids is 1. The number of carbonyl (C=O) groups is 1. The topological polar surface area (TPSA) is 70.5 Å². The van der Waals surface area contributed by atoms with E-state index in [1.54, 1.807) is 24.3 Å². The summed E-state index contributed by atoms with van der Waals surface area (Å²) in [6.07, 6.45) is 0. The van der Waals surface area contributed by atoms with Crippen LogP contribution in [-0.4, -0.2) is 18.0 Å². The first-order valence-electron chi connectivity index (χ1n) is 8.74. The van der Waals surface area contributed by atoms with Crippen molar-refractivity contribution >= 4 is 18.5 Å². The summed E-state index contributed by atoms with van der Waals surface area (Å²) in [5, 5.41) is 10.7. The van der Waals surface area contributed by atoms with Crippen molar-refractivity contribution in [1.29, 1.82) is 0 Å². The summed E-state index contributed by atoms with van der Waals surface area (Å²) in [7, 11) is -0.609. The van der Waals surface area contributed by atoms with E-state index in [0.29, 0.717) is 30.2 Å². The number of hydrogen-bond acceptors (Lipinski definition) is 3. The molecule has 0 radical (unpaired) electrons. The van der Waals surface area contributed by atoms with Crippen molar-refractivity contribution in [1.82, 2.24) is 5.32 Å². The predicted molar refractivity (Wildman–Crippen MR) is 104 cm³/mol. The van der Waals surface area contributed by atoms with Crippen LogP contribution in [0.5, 0.6) is 11.5 Å². The second kappa shape index (κ2) is 7.66. The van der Waals surface area contributed by atoms with Crippen LogP contribution in [-0.2, 0) is 17.8 Å². The first-order chi connectivity index (χ1) is 13.2. The van der Waals surface area contributed by atoms with E-state index in [0.717, 1.165) is 16.6 Å². The average molecular weight is 360 g/mol. The molecule has 0 aromatic heterocycles. The Morgan fingerprint density at radius 3 is 2.56 bits per heavy atom. The maximum atomic E-state index is 12.3. The lowest BCUT2D eigenvalue weighted by molar-refractivity contribution is 0.0951. The van der Waals surface area contributed by atoms with Crippen molar-refractivity contribution in [2.45, 2.75) is 13.2 Å². The fourth-order valence-electron chi connectivity index (χ4n) is 2.98. The smallest absolute Gasteiger partial charge is 0.522 e. The Labute approximate surface area is 157 Å². The average Bonchev–Trinajstić information content (AvgIpc) is 3.08. The van der Waals surface area contributed by atoms with Crippen LogP contribution in [0.1, 0.15) is 21.5 Å². The van der Waals surface area contributed by atoms with E-state index in [-0.39, 0.29) is 5.91 Å². The summed E-state index contributed by atoms with van der Waals surface area (Å²) >= 11 is 0. The van der Waals surface area contributed by atoms with E-state index in [1.165, 1.54) is 0 Å². The van der Waals surface area contributed by atoms with Crippen molar-refractivity contribution in [3.8, 4) is 11.5 Å². The summed E-state index contributed by atoms with van der Waals surface area (Å²) in [4.78, 5) is 12.3. The molecule has 3 aromatic rings. The Balaban J connectivity index is 1.38. The maximum absolute atomic E-state index is 12.3. The van der Waals surface area contributed by atoms with Gasteiger partial charge in [0.05, 0.1) is 12.1 Å². The molecule has 3 aromatic carbocycles. The van der Waals surface area contributed by atoms with E-state index >= 15 is 0 Å². The van der Waals surface area contributed by atoms with Gasteiger partial charge in [-0.2, -0.15) is 0 Å². The van der Waals surface area contributed by atoms with Crippen molar-refractivity contribution in [2.24, 2.45) is 0 Å². The van der Waals surface area contributed by atoms with E-state index in [9.17, 15) is 4.79 Å². The highest BCUT2D eigenvalue weighted by Crippen LogP contribution is 2.24. The quantitative estimate of drug-likeness (QED) is 0.561. The maximum Gasteiger partial charge on any atom is 0.731 e. The lowest BCUT2D eigenvalue weighted by Gasteiger charge is -2.09. The van der Waals surface area contributed by atoms with Crippen LogP contribution < -0.4 is 15.5 Å². The van der Waals surface area contributed by atoms with Crippen molar-refractivity contribution in [3.05, 3.63) is 89.5 Å². The van der Waals surface area contributed by atoms with Crippen molar-refractivity contribution < 1.29 is 19.2 Å². The van der Waals surface area contributed by atoms with Gasteiger partial charge in [0.2, 0.25) is 0 Å². The first-order valence-corrected chi connectivity index (χ1v) is 8.74. The molecule has 0 spiro atoms. The molecule has 5 nitrogen and oxygen atoms in total. The molecule has 0 saturated carbocycles. The molecule has 4 rings (SSSR count). The lowest BCUT2D eigenvalue weighted by Crippen LogP contribution is -2.27. The molecule has 134 valence electrons. The normalized spacial score (nSPS) is 12.6. The predicted octanol–water partition coefficient (Wildman–Crippen LogP) is 2.36. The van der Waals surface area contributed by atoms with Gasteiger partial charge in [0.1, 0.15) is 11.5 Å². The Bertz CT molecular complexity index is 944. The minimum atomic E-state index is -0.609. The Hall–Kier alpha value is -3.09. The Morgan fingerprint density at radius 2 is 1.78 bits per heavy atom. The molecule has 0 unspecified atom stereocenters. The van der Waals surface area contributed by atoms with Crippen molar-refractivity contribution in [3.63, 3.8) is 0 Å². The van der Waals surface area contributed by atoms with Gasteiger partial charge in [-0.25, -0.2) is 0 Å². The van der Waals surface area contributed by atoms with Crippen LogP contribution in [0, 0.1) is 0 Å². The molecule has 0 bridgehead atoms. The lowest BCUT2D eigenvalue weighted by atomic mass is 9.80. The number of hydrogen-bond donors (Lipinski definition) is 1. The molecule has 0 aliphatic carbocycles. The Morgan fingerprint density at radius 1 is 1.04 bits per heavy atom. The summed E-state index contributed by atoms with van der Waals surface area (Å²) in [6, 6.07) is 22.4. The second-order valence-corrected chi connectivity index (χ2v) is 6.35. The highest BCUT2D eigenvalue weighted by molar-refractivity contribution is 6.61. The largest absolute Gasteiger partial charge is 0.731 e. The van der Waals surface area contributed by atoms with Gasteiger partial charge in [-0.05, 0) is 47.5 Å².